The van der Waals surface area contributed by atoms with Gasteiger partial charge in [-0.3, -0.25) is 14.0 Å². The van der Waals surface area contributed by atoms with E-state index in [-0.39, 0.29) is 11.8 Å². The zero-order valence-corrected chi connectivity index (χ0v) is 28.6. The minimum absolute atomic E-state index is 0.184. The number of halogens is 1. The lowest BCUT2D eigenvalue weighted by atomic mass is 10.1. The highest BCUT2D eigenvalue weighted by atomic mass is 79.9. The van der Waals surface area contributed by atoms with Gasteiger partial charge in [0, 0.05) is 26.7 Å². The van der Waals surface area contributed by atoms with E-state index in [9.17, 15) is 9.59 Å². The van der Waals surface area contributed by atoms with Gasteiger partial charge >= 0.3 is 6.09 Å². The predicted octanol–water partition coefficient (Wildman–Crippen LogP) is 9.34. The van der Waals surface area contributed by atoms with Crippen LogP contribution in [-0.2, 0) is 11.3 Å². The van der Waals surface area contributed by atoms with Gasteiger partial charge in [-0.1, -0.05) is 55.9 Å². The van der Waals surface area contributed by atoms with Crippen molar-refractivity contribution in [1.29, 1.82) is 0 Å². The third-order valence-electron chi connectivity index (χ3n) is 6.70. The first-order valence-corrected chi connectivity index (χ1v) is 16.3. The minimum Gasteiger partial charge on any atom is -0.444 e. The summed E-state index contributed by atoms with van der Waals surface area (Å²) in [6.45, 7) is 10.0. The Morgan fingerprint density at radius 3 is 2.39 bits per heavy atom. The summed E-state index contributed by atoms with van der Waals surface area (Å²) in [6.07, 6.45) is 0.972. The van der Waals surface area contributed by atoms with Crippen LogP contribution in [0, 0.1) is 0 Å². The number of aromatic nitrogens is 3. The molecule has 0 saturated carbocycles. The topological polar surface area (TPSA) is 109 Å². The average Bonchev–Trinajstić information content (AvgIpc) is 3.02. The van der Waals surface area contributed by atoms with Crippen LogP contribution in [0.2, 0.25) is 0 Å². The van der Waals surface area contributed by atoms with Crippen molar-refractivity contribution in [3.8, 4) is 0 Å². The van der Waals surface area contributed by atoms with Gasteiger partial charge in [0.1, 0.15) is 17.7 Å². The SMILES string of the molecule is CC(C)c1ccc2c(Nc3cc(C(=O)N(Br)Cc4ccccc4)ccc3Sc3ccc(NC(=O)OC(C)(C)C)cc3)ncnc2n1. The Labute approximate surface area is 281 Å². The molecule has 0 radical (unpaired) electrons. The third kappa shape index (κ3) is 8.61. The van der Waals surface area contributed by atoms with E-state index in [2.05, 4.69) is 50.6 Å². The first kappa shape index (κ1) is 32.9. The summed E-state index contributed by atoms with van der Waals surface area (Å²) in [5.41, 5.74) is 3.76. The van der Waals surface area contributed by atoms with Crippen molar-refractivity contribution in [3.05, 3.63) is 108 Å². The quantitative estimate of drug-likeness (QED) is 0.147. The largest absolute Gasteiger partial charge is 0.444 e. The Kier molecular flexibility index (Phi) is 10.2. The molecule has 0 fully saturated rings. The molecular formula is C35H35BrN6O3S. The van der Waals surface area contributed by atoms with Crippen molar-refractivity contribution in [2.75, 3.05) is 10.6 Å². The standard InChI is InChI=1S/C35H35BrN6O3S/c1-22(2)28-17-16-27-31(40-28)37-21-38-32(27)41-29-19-24(33(43)42(36)20-23-9-7-6-8-10-23)11-18-30(29)46-26-14-12-25(13-15-26)39-34(44)45-35(3,4)5/h6-19,21-22H,20H2,1-5H3,(H,39,44)(H,37,38,40,41). The van der Waals surface area contributed by atoms with Crippen LogP contribution in [0.4, 0.5) is 22.0 Å². The Balaban J connectivity index is 1.44. The van der Waals surface area contributed by atoms with Gasteiger partial charge in [0.25, 0.3) is 5.91 Å². The van der Waals surface area contributed by atoms with Gasteiger partial charge in [-0.2, -0.15) is 0 Å². The summed E-state index contributed by atoms with van der Waals surface area (Å²) in [5.74, 6) is 0.656. The van der Waals surface area contributed by atoms with Crippen LogP contribution in [0.1, 0.15) is 62.2 Å². The summed E-state index contributed by atoms with van der Waals surface area (Å²) in [6, 6.07) is 26.7. The first-order valence-electron chi connectivity index (χ1n) is 14.8. The normalized spacial score (nSPS) is 11.4. The highest BCUT2D eigenvalue weighted by molar-refractivity contribution is 9.07. The molecule has 2 amide bonds. The van der Waals surface area contributed by atoms with Crippen LogP contribution in [0.15, 0.2) is 101 Å². The smallest absolute Gasteiger partial charge is 0.412 e. The second-order valence-corrected chi connectivity index (χ2v) is 13.9. The zero-order valence-electron chi connectivity index (χ0n) is 26.2. The van der Waals surface area contributed by atoms with E-state index in [1.54, 1.807) is 0 Å². The first-order chi connectivity index (χ1) is 21.9. The van der Waals surface area contributed by atoms with E-state index in [1.165, 1.54) is 22.0 Å². The van der Waals surface area contributed by atoms with E-state index in [0.717, 1.165) is 26.4 Å². The maximum atomic E-state index is 13.5. The lowest BCUT2D eigenvalue weighted by Crippen LogP contribution is -2.27. The van der Waals surface area contributed by atoms with Gasteiger partial charge in [-0.25, -0.2) is 19.7 Å². The number of fused-ring (bicyclic) bond motifs is 1. The van der Waals surface area contributed by atoms with E-state index >= 15 is 0 Å². The molecule has 0 saturated heterocycles. The number of carbonyl (C=O) groups excluding carboxylic acids is 2. The van der Waals surface area contributed by atoms with Gasteiger partial charge in [0.05, 0.1) is 33.8 Å². The molecule has 0 spiro atoms. The summed E-state index contributed by atoms with van der Waals surface area (Å²) in [4.78, 5) is 41.2. The maximum Gasteiger partial charge on any atom is 0.412 e. The molecule has 2 aromatic heterocycles. The molecule has 3 aromatic carbocycles. The Morgan fingerprint density at radius 2 is 1.70 bits per heavy atom. The zero-order chi connectivity index (χ0) is 32.8. The predicted molar refractivity (Wildman–Crippen MR) is 187 cm³/mol. The monoisotopic (exact) mass is 698 g/mol. The number of pyridine rings is 1. The van der Waals surface area contributed by atoms with E-state index in [0.29, 0.717) is 34.9 Å². The summed E-state index contributed by atoms with van der Waals surface area (Å²) >= 11 is 4.97. The van der Waals surface area contributed by atoms with Crippen LogP contribution in [0.25, 0.3) is 11.0 Å². The van der Waals surface area contributed by atoms with Crippen LogP contribution in [0.5, 0.6) is 0 Å². The highest BCUT2D eigenvalue weighted by Crippen LogP contribution is 2.37. The number of amides is 2. The summed E-state index contributed by atoms with van der Waals surface area (Å²) in [5, 5.41) is 6.98. The van der Waals surface area contributed by atoms with Crippen LogP contribution in [-0.4, -0.2) is 36.5 Å². The van der Waals surface area contributed by atoms with Crippen molar-refractivity contribution in [3.63, 3.8) is 0 Å². The number of hydrogen-bond donors (Lipinski definition) is 2. The molecule has 5 aromatic rings. The Hall–Kier alpha value is -4.48. The fraction of sp³-hybridized carbons (Fsp3) is 0.229. The van der Waals surface area contributed by atoms with E-state index in [1.807, 2.05) is 106 Å². The lowest BCUT2D eigenvalue weighted by Gasteiger charge is -2.19. The van der Waals surface area contributed by atoms with Crippen LogP contribution in [0.3, 0.4) is 0 Å². The van der Waals surface area contributed by atoms with E-state index in [4.69, 9.17) is 9.72 Å². The molecule has 9 nitrogen and oxygen atoms in total. The van der Waals surface area contributed by atoms with Crippen molar-refractivity contribution in [1.82, 2.24) is 18.9 Å². The van der Waals surface area contributed by atoms with Gasteiger partial charge in [-0.15, -0.1) is 0 Å². The van der Waals surface area contributed by atoms with Gasteiger partial charge in [-0.05, 0) is 86.8 Å². The molecule has 5 rings (SSSR count). The Morgan fingerprint density at radius 1 is 0.957 bits per heavy atom. The molecule has 0 atom stereocenters. The number of carbonyl (C=O) groups is 2. The number of anilines is 3. The average molecular weight is 700 g/mol. The summed E-state index contributed by atoms with van der Waals surface area (Å²) < 4.78 is 6.87. The molecular weight excluding hydrogens is 664 g/mol. The fourth-order valence-electron chi connectivity index (χ4n) is 4.47. The number of rotatable bonds is 9. The minimum atomic E-state index is -0.591. The molecule has 236 valence electrons. The van der Waals surface area contributed by atoms with Crippen molar-refractivity contribution in [2.45, 2.75) is 62.5 Å². The van der Waals surface area contributed by atoms with Crippen molar-refractivity contribution in [2.24, 2.45) is 0 Å². The van der Waals surface area contributed by atoms with Crippen molar-refractivity contribution < 1.29 is 14.3 Å². The molecule has 46 heavy (non-hydrogen) atoms. The molecule has 0 aliphatic carbocycles. The molecule has 0 bridgehead atoms. The molecule has 2 N–H and O–H groups in total. The molecule has 0 aliphatic heterocycles. The fourth-order valence-corrected chi connectivity index (χ4v) is 5.84. The highest BCUT2D eigenvalue weighted by Gasteiger charge is 2.19. The molecule has 2 heterocycles. The second kappa shape index (κ2) is 14.3. The van der Waals surface area contributed by atoms with Crippen LogP contribution >= 0.6 is 27.9 Å². The molecule has 0 aliphatic rings. The Bertz CT molecular complexity index is 1850. The molecule has 0 unspecified atom stereocenters. The number of benzene rings is 3. The summed E-state index contributed by atoms with van der Waals surface area (Å²) in [7, 11) is 0. The van der Waals surface area contributed by atoms with Crippen molar-refractivity contribution >= 4 is 68.1 Å². The third-order valence-corrected chi connectivity index (χ3v) is 8.36. The lowest BCUT2D eigenvalue weighted by molar-refractivity contribution is 0.0635. The van der Waals surface area contributed by atoms with Gasteiger partial charge in [0.15, 0.2) is 5.65 Å². The van der Waals surface area contributed by atoms with Crippen LogP contribution < -0.4 is 10.6 Å². The number of nitrogens with one attached hydrogen (secondary N) is 2. The number of hydrogen-bond acceptors (Lipinski definition) is 8. The second-order valence-electron chi connectivity index (χ2n) is 11.9. The molecule has 11 heteroatoms. The number of nitrogens with zero attached hydrogens (tertiary/aromatic N) is 4. The van der Waals surface area contributed by atoms with E-state index < -0.39 is 11.7 Å². The van der Waals surface area contributed by atoms with Gasteiger partial charge in [0.2, 0.25) is 0 Å². The number of ether oxygens (including phenoxy) is 1. The maximum absolute atomic E-state index is 13.5. The van der Waals surface area contributed by atoms with Gasteiger partial charge < -0.3 is 10.1 Å².